The number of benzene rings is 1. The summed E-state index contributed by atoms with van der Waals surface area (Å²) < 4.78 is 10.6. The Balaban J connectivity index is 1.23. The average molecular weight is 431 g/mol. The highest BCUT2D eigenvalue weighted by Gasteiger charge is 2.30. The summed E-state index contributed by atoms with van der Waals surface area (Å²) in [6.45, 7) is 6.81. The number of rotatable bonds is 6. The lowest BCUT2D eigenvalue weighted by Crippen LogP contribution is -2.56. The van der Waals surface area contributed by atoms with E-state index in [0.717, 1.165) is 32.2 Å². The van der Waals surface area contributed by atoms with Gasteiger partial charge in [-0.25, -0.2) is 0 Å². The maximum Gasteiger partial charge on any atom is 0.254 e. The summed E-state index contributed by atoms with van der Waals surface area (Å²) in [7, 11) is 3.14. The largest absolute Gasteiger partial charge is 0.493 e. The molecule has 1 aliphatic carbocycles. The zero-order valence-electron chi connectivity index (χ0n) is 18.7. The maximum atomic E-state index is 12.9. The second kappa shape index (κ2) is 9.87. The number of hydrogen-bond acceptors (Lipinski definition) is 6. The Morgan fingerprint density at radius 3 is 2.10 bits per heavy atom. The molecule has 0 radical (unpaired) electrons. The molecule has 3 aliphatic rings. The minimum absolute atomic E-state index is 0.0148. The van der Waals surface area contributed by atoms with Gasteiger partial charge in [-0.3, -0.25) is 19.4 Å². The molecule has 170 valence electrons. The average Bonchev–Trinajstić information content (AvgIpc) is 2.78. The molecule has 8 heteroatoms. The first-order chi connectivity index (χ1) is 15.1. The van der Waals surface area contributed by atoms with Gasteiger partial charge in [-0.05, 0) is 31.0 Å². The van der Waals surface area contributed by atoms with Crippen molar-refractivity contribution in [2.45, 2.75) is 25.3 Å². The van der Waals surface area contributed by atoms with Gasteiger partial charge in [0.1, 0.15) is 0 Å². The highest BCUT2D eigenvalue weighted by atomic mass is 16.5. The van der Waals surface area contributed by atoms with Crippen molar-refractivity contribution in [1.82, 2.24) is 19.6 Å². The van der Waals surface area contributed by atoms with Gasteiger partial charge in [0.25, 0.3) is 5.91 Å². The van der Waals surface area contributed by atoms with Gasteiger partial charge < -0.3 is 19.3 Å². The van der Waals surface area contributed by atoms with Crippen molar-refractivity contribution in [3.05, 3.63) is 23.8 Å². The minimum Gasteiger partial charge on any atom is -0.493 e. The Hall–Kier alpha value is -2.32. The molecule has 0 bridgehead atoms. The lowest BCUT2D eigenvalue weighted by molar-refractivity contribution is -0.135. The zero-order chi connectivity index (χ0) is 21.8. The standard InChI is InChI=1S/C23H34N4O4/c1-30-20-7-6-18(16-21(20)31-2)23(29)27-10-8-24(9-11-27)17-22(28)26-14-12-25(13-15-26)19-4-3-5-19/h6-7,16,19H,3-5,8-15,17H2,1-2H3. The molecule has 2 amide bonds. The number of piperazine rings is 2. The molecule has 0 aromatic heterocycles. The molecule has 4 rings (SSSR count). The van der Waals surface area contributed by atoms with Crippen LogP contribution in [0.2, 0.25) is 0 Å². The van der Waals surface area contributed by atoms with E-state index in [2.05, 4.69) is 9.80 Å². The highest BCUT2D eigenvalue weighted by Crippen LogP contribution is 2.28. The zero-order valence-corrected chi connectivity index (χ0v) is 18.7. The van der Waals surface area contributed by atoms with Crippen molar-refractivity contribution < 1.29 is 19.1 Å². The van der Waals surface area contributed by atoms with E-state index in [1.54, 1.807) is 32.4 Å². The number of hydrogen-bond donors (Lipinski definition) is 0. The third-order valence-electron chi connectivity index (χ3n) is 6.91. The van der Waals surface area contributed by atoms with Crippen molar-refractivity contribution in [2.24, 2.45) is 0 Å². The molecule has 2 saturated heterocycles. The molecule has 2 aliphatic heterocycles. The molecule has 1 aromatic rings. The van der Waals surface area contributed by atoms with Gasteiger partial charge >= 0.3 is 0 Å². The van der Waals surface area contributed by atoms with E-state index in [-0.39, 0.29) is 11.8 Å². The number of ether oxygens (including phenoxy) is 2. The molecule has 0 atom stereocenters. The summed E-state index contributed by atoms with van der Waals surface area (Å²) in [5.41, 5.74) is 0.589. The van der Waals surface area contributed by atoms with E-state index in [1.807, 2.05) is 9.80 Å². The van der Waals surface area contributed by atoms with Crippen LogP contribution in [0.15, 0.2) is 18.2 Å². The molecule has 8 nitrogen and oxygen atoms in total. The van der Waals surface area contributed by atoms with Crippen LogP contribution in [0.4, 0.5) is 0 Å². The number of carbonyl (C=O) groups is 2. The molecule has 0 N–H and O–H groups in total. The van der Waals surface area contributed by atoms with Crippen LogP contribution in [-0.2, 0) is 4.79 Å². The van der Waals surface area contributed by atoms with Crippen LogP contribution >= 0.6 is 0 Å². The fraction of sp³-hybridized carbons (Fsp3) is 0.652. The van der Waals surface area contributed by atoms with Gasteiger partial charge in [0.15, 0.2) is 11.5 Å². The molecule has 0 unspecified atom stereocenters. The van der Waals surface area contributed by atoms with Gasteiger partial charge in [-0.15, -0.1) is 0 Å². The number of amides is 2. The summed E-state index contributed by atoms with van der Waals surface area (Å²) in [5, 5.41) is 0. The number of carbonyl (C=O) groups excluding carboxylic acids is 2. The van der Waals surface area contributed by atoms with Crippen molar-refractivity contribution >= 4 is 11.8 Å². The van der Waals surface area contributed by atoms with Crippen LogP contribution in [0.1, 0.15) is 29.6 Å². The summed E-state index contributed by atoms with van der Waals surface area (Å²) in [6, 6.07) is 6.00. The van der Waals surface area contributed by atoms with E-state index >= 15 is 0 Å². The predicted octanol–water partition coefficient (Wildman–Crippen LogP) is 1.16. The highest BCUT2D eigenvalue weighted by molar-refractivity contribution is 5.95. The maximum absolute atomic E-state index is 12.9. The molecule has 2 heterocycles. The van der Waals surface area contributed by atoms with Crippen molar-refractivity contribution in [3.63, 3.8) is 0 Å². The van der Waals surface area contributed by atoms with Gasteiger partial charge in [0, 0.05) is 64.0 Å². The van der Waals surface area contributed by atoms with Crippen molar-refractivity contribution in [2.75, 3.05) is 73.1 Å². The van der Waals surface area contributed by atoms with Crippen molar-refractivity contribution in [1.29, 1.82) is 0 Å². The molecule has 3 fully saturated rings. The molecular weight excluding hydrogens is 396 g/mol. The summed E-state index contributed by atoms with van der Waals surface area (Å²) in [4.78, 5) is 34.2. The van der Waals surface area contributed by atoms with Gasteiger partial charge in [0.2, 0.25) is 5.91 Å². The third-order valence-corrected chi connectivity index (χ3v) is 6.91. The van der Waals surface area contributed by atoms with Crippen LogP contribution in [0.5, 0.6) is 11.5 Å². The summed E-state index contributed by atoms with van der Waals surface area (Å²) in [5.74, 6) is 1.36. The van der Waals surface area contributed by atoms with Crippen LogP contribution in [0.3, 0.4) is 0 Å². The smallest absolute Gasteiger partial charge is 0.254 e. The van der Waals surface area contributed by atoms with E-state index in [0.29, 0.717) is 49.8 Å². The van der Waals surface area contributed by atoms with E-state index < -0.39 is 0 Å². The molecule has 0 spiro atoms. The van der Waals surface area contributed by atoms with Gasteiger partial charge in [0.05, 0.1) is 20.8 Å². The quantitative estimate of drug-likeness (QED) is 0.675. The second-order valence-corrected chi connectivity index (χ2v) is 8.64. The Bertz CT molecular complexity index is 782. The summed E-state index contributed by atoms with van der Waals surface area (Å²) in [6.07, 6.45) is 3.99. The third kappa shape index (κ3) is 4.96. The SMILES string of the molecule is COc1ccc(C(=O)N2CCN(CC(=O)N3CCN(C4CCC4)CC3)CC2)cc1OC. The Labute approximate surface area is 184 Å². The van der Waals surface area contributed by atoms with Gasteiger partial charge in [-0.2, -0.15) is 0 Å². The number of methoxy groups -OCH3 is 2. The molecule has 1 saturated carbocycles. The van der Waals surface area contributed by atoms with Crippen LogP contribution in [0, 0.1) is 0 Å². The van der Waals surface area contributed by atoms with E-state index in [1.165, 1.54) is 19.3 Å². The van der Waals surface area contributed by atoms with Crippen molar-refractivity contribution in [3.8, 4) is 11.5 Å². The first-order valence-electron chi connectivity index (χ1n) is 11.3. The monoisotopic (exact) mass is 430 g/mol. The normalized spacial score (nSPS) is 21.0. The van der Waals surface area contributed by atoms with Crippen LogP contribution in [-0.4, -0.2) is 111 Å². The Morgan fingerprint density at radius 2 is 1.52 bits per heavy atom. The fourth-order valence-corrected chi connectivity index (χ4v) is 4.64. The lowest BCUT2D eigenvalue weighted by atomic mass is 9.91. The van der Waals surface area contributed by atoms with Crippen LogP contribution < -0.4 is 9.47 Å². The van der Waals surface area contributed by atoms with E-state index in [9.17, 15) is 9.59 Å². The number of nitrogens with zero attached hydrogens (tertiary/aromatic N) is 4. The first kappa shape index (κ1) is 21.9. The fourth-order valence-electron chi connectivity index (χ4n) is 4.64. The van der Waals surface area contributed by atoms with Gasteiger partial charge in [-0.1, -0.05) is 6.42 Å². The summed E-state index contributed by atoms with van der Waals surface area (Å²) >= 11 is 0. The Morgan fingerprint density at radius 1 is 0.871 bits per heavy atom. The van der Waals surface area contributed by atoms with Crippen LogP contribution in [0.25, 0.3) is 0 Å². The lowest BCUT2D eigenvalue weighted by Gasteiger charge is -2.43. The Kier molecular flexibility index (Phi) is 6.97. The second-order valence-electron chi connectivity index (χ2n) is 8.64. The molecule has 31 heavy (non-hydrogen) atoms. The minimum atomic E-state index is -0.0148. The molecule has 1 aromatic carbocycles. The predicted molar refractivity (Wildman–Crippen MR) is 118 cm³/mol. The molecular formula is C23H34N4O4. The first-order valence-corrected chi connectivity index (χ1v) is 11.3. The van der Waals surface area contributed by atoms with E-state index in [4.69, 9.17) is 9.47 Å². The topological polar surface area (TPSA) is 65.6 Å².